The summed E-state index contributed by atoms with van der Waals surface area (Å²) < 4.78 is 10.2. The zero-order valence-electron chi connectivity index (χ0n) is 11.1. The van der Waals surface area contributed by atoms with Crippen molar-refractivity contribution in [2.45, 2.75) is 46.8 Å². The normalized spacial score (nSPS) is 11.6. The molecular weight excluding hydrogens is 220 g/mol. The Hall–Kier alpha value is -1.36. The summed E-state index contributed by atoms with van der Waals surface area (Å²) in [6, 6.07) is 0. The number of carbonyl (C=O) groups excluding carboxylic acids is 1. The van der Waals surface area contributed by atoms with Gasteiger partial charge in [0.1, 0.15) is 11.4 Å². The summed E-state index contributed by atoms with van der Waals surface area (Å²) in [5.41, 5.74) is 1.40. The Morgan fingerprint density at radius 1 is 1.41 bits per heavy atom. The lowest BCUT2D eigenvalue weighted by molar-refractivity contribution is -0.153. The Kier molecular flexibility index (Phi) is 4.28. The average Bonchev–Trinajstić information content (AvgIpc) is 2.46. The number of aryl methyl sites for hydroxylation is 2. The van der Waals surface area contributed by atoms with Crippen molar-refractivity contribution in [1.29, 1.82) is 0 Å². The van der Waals surface area contributed by atoms with Crippen LogP contribution in [-0.2, 0) is 16.1 Å². The van der Waals surface area contributed by atoms with Crippen LogP contribution in [0.5, 0.6) is 0 Å². The molecule has 1 aromatic rings. The monoisotopic (exact) mass is 240 g/mol. The molecule has 0 unspecified atom stereocenters. The first-order valence-electron chi connectivity index (χ1n) is 5.64. The van der Waals surface area contributed by atoms with Gasteiger partial charge in [-0.3, -0.25) is 4.79 Å². The molecule has 0 aliphatic rings. The molecule has 0 aromatic carbocycles. The van der Waals surface area contributed by atoms with Crippen LogP contribution in [0.15, 0.2) is 4.52 Å². The van der Waals surface area contributed by atoms with Crippen LogP contribution in [0.2, 0.25) is 0 Å². The minimum Gasteiger partial charge on any atom is -0.459 e. The largest absolute Gasteiger partial charge is 0.459 e. The SMILES string of the molecule is Cc1noc(C)c1CNCC(=O)OC(C)(C)C. The summed E-state index contributed by atoms with van der Waals surface area (Å²) in [6.07, 6.45) is 0. The van der Waals surface area contributed by atoms with Gasteiger partial charge in [0.2, 0.25) is 0 Å². The zero-order valence-corrected chi connectivity index (χ0v) is 11.1. The number of hydrogen-bond acceptors (Lipinski definition) is 5. The summed E-state index contributed by atoms with van der Waals surface area (Å²) in [5.74, 6) is 0.517. The van der Waals surface area contributed by atoms with Crippen molar-refractivity contribution in [3.05, 3.63) is 17.0 Å². The summed E-state index contributed by atoms with van der Waals surface area (Å²) in [5, 5.41) is 6.86. The molecule has 5 nitrogen and oxygen atoms in total. The van der Waals surface area contributed by atoms with Crippen LogP contribution >= 0.6 is 0 Å². The minimum atomic E-state index is -0.443. The molecule has 0 amide bonds. The molecule has 0 radical (unpaired) electrons. The highest BCUT2D eigenvalue weighted by Gasteiger charge is 2.16. The fraction of sp³-hybridized carbons (Fsp3) is 0.667. The van der Waals surface area contributed by atoms with E-state index in [2.05, 4.69) is 10.5 Å². The molecule has 5 heteroatoms. The summed E-state index contributed by atoms with van der Waals surface area (Å²) in [6.45, 7) is 10.0. The Morgan fingerprint density at radius 3 is 2.53 bits per heavy atom. The summed E-state index contributed by atoms with van der Waals surface area (Å²) in [4.78, 5) is 11.4. The van der Waals surface area contributed by atoms with Crippen molar-refractivity contribution in [3.8, 4) is 0 Å². The fourth-order valence-corrected chi connectivity index (χ4v) is 1.42. The number of carbonyl (C=O) groups is 1. The Balaban J connectivity index is 2.36. The Morgan fingerprint density at radius 2 is 2.06 bits per heavy atom. The van der Waals surface area contributed by atoms with Gasteiger partial charge in [-0.25, -0.2) is 0 Å². The third-order valence-corrected chi connectivity index (χ3v) is 2.17. The van der Waals surface area contributed by atoms with Crippen LogP contribution in [0.4, 0.5) is 0 Å². The quantitative estimate of drug-likeness (QED) is 0.812. The lowest BCUT2D eigenvalue weighted by Crippen LogP contribution is -2.31. The van der Waals surface area contributed by atoms with Gasteiger partial charge in [0.05, 0.1) is 12.2 Å². The van der Waals surface area contributed by atoms with Gasteiger partial charge < -0.3 is 14.6 Å². The second kappa shape index (κ2) is 5.31. The van der Waals surface area contributed by atoms with Crippen molar-refractivity contribution in [2.75, 3.05) is 6.54 Å². The molecular formula is C12H20N2O3. The average molecular weight is 240 g/mol. The van der Waals surface area contributed by atoms with Crippen molar-refractivity contribution in [1.82, 2.24) is 10.5 Å². The first kappa shape index (κ1) is 13.7. The molecule has 0 aliphatic heterocycles. The lowest BCUT2D eigenvalue weighted by Gasteiger charge is -2.19. The van der Waals surface area contributed by atoms with Crippen molar-refractivity contribution < 1.29 is 14.1 Å². The highest BCUT2D eigenvalue weighted by molar-refractivity contribution is 5.72. The van der Waals surface area contributed by atoms with E-state index in [0.29, 0.717) is 6.54 Å². The number of nitrogens with zero attached hydrogens (tertiary/aromatic N) is 1. The number of esters is 1. The standard InChI is InChI=1S/C12H20N2O3/c1-8-10(9(2)17-14-8)6-13-7-11(15)16-12(3,4)5/h13H,6-7H2,1-5H3. The number of nitrogens with one attached hydrogen (secondary N) is 1. The van der Waals surface area contributed by atoms with Gasteiger partial charge in [0, 0.05) is 12.1 Å². The second-order valence-corrected chi connectivity index (χ2v) is 4.99. The van der Waals surface area contributed by atoms with Gasteiger partial charge in [-0.2, -0.15) is 0 Å². The lowest BCUT2D eigenvalue weighted by atomic mass is 10.2. The summed E-state index contributed by atoms with van der Waals surface area (Å²) >= 11 is 0. The van der Waals surface area contributed by atoms with E-state index in [1.54, 1.807) is 0 Å². The maximum Gasteiger partial charge on any atom is 0.320 e. The highest BCUT2D eigenvalue weighted by Crippen LogP contribution is 2.11. The van der Waals surface area contributed by atoms with Crippen LogP contribution in [-0.4, -0.2) is 23.3 Å². The smallest absolute Gasteiger partial charge is 0.320 e. The summed E-state index contributed by atoms with van der Waals surface area (Å²) in [7, 11) is 0. The van der Waals surface area contributed by atoms with Crippen LogP contribution < -0.4 is 5.32 Å². The number of ether oxygens (including phenoxy) is 1. The van der Waals surface area contributed by atoms with E-state index in [0.717, 1.165) is 17.0 Å². The maximum absolute atomic E-state index is 11.4. The van der Waals surface area contributed by atoms with Crippen LogP contribution in [0.25, 0.3) is 0 Å². The molecule has 1 rings (SSSR count). The van der Waals surface area contributed by atoms with Crippen LogP contribution in [0.3, 0.4) is 0 Å². The van der Waals surface area contributed by atoms with Crippen molar-refractivity contribution in [2.24, 2.45) is 0 Å². The first-order valence-corrected chi connectivity index (χ1v) is 5.64. The molecule has 1 heterocycles. The molecule has 96 valence electrons. The zero-order chi connectivity index (χ0) is 13.1. The second-order valence-electron chi connectivity index (χ2n) is 4.99. The van der Waals surface area contributed by atoms with Gasteiger partial charge in [-0.05, 0) is 34.6 Å². The molecule has 0 spiro atoms. The first-order chi connectivity index (χ1) is 7.79. The van der Waals surface area contributed by atoms with E-state index >= 15 is 0 Å². The molecule has 1 N–H and O–H groups in total. The Bertz CT molecular complexity index is 371. The number of hydrogen-bond donors (Lipinski definition) is 1. The van der Waals surface area contributed by atoms with E-state index in [4.69, 9.17) is 9.26 Å². The molecule has 0 aliphatic carbocycles. The third kappa shape index (κ3) is 4.56. The van der Waals surface area contributed by atoms with E-state index in [1.165, 1.54) is 0 Å². The van der Waals surface area contributed by atoms with E-state index in [-0.39, 0.29) is 12.5 Å². The predicted octanol–water partition coefficient (Wildman–Crippen LogP) is 1.72. The molecule has 0 atom stereocenters. The van der Waals surface area contributed by atoms with Gasteiger partial charge in [0.25, 0.3) is 0 Å². The van der Waals surface area contributed by atoms with Crippen molar-refractivity contribution >= 4 is 5.97 Å². The molecule has 17 heavy (non-hydrogen) atoms. The number of rotatable bonds is 4. The Labute approximate surface area is 102 Å². The van der Waals surface area contributed by atoms with Gasteiger partial charge in [0.15, 0.2) is 0 Å². The highest BCUT2D eigenvalue weighted by atomic mass is 16.6. The van der Waals surface area contributed by atoms with Crippen molar-refractivity contribution in [3.63, 3.8) is 0 Å². The topological polar surface area (TPSA) is 64.4 Å². The van der Waals surface area contributed by atoms with Gasteiger partial charge >= 0.3 is 5.97 Å². The van der Waals surface area contributed by atoms with Gasteiger partial charge in [-0.1, -0.05) is 5.16 Å². The maximum atomic E-state index is 11.4. The molecule has 1 aromatic heterocycles. The van der Waals surface area contributed by atoms with E-state index in [9.17, 15) is 4.79 Å². The van der Waals surface area contributed by atoms with E-state index in [1.807, 2.05) is 34.6 Å². The van der Waals surface area contributed by atoms with Crippen LogP contribution in [0.1, 0.15) is 37.8 Å². The third-order valence-electron chi connectivity index (χ3n) is 2.17. The minimum absolute atomic E-state index is 0.182. The van der Waals surface area contributed by atoms with E-state index < -0.39 is 5.60 Å². The molecule has 0 saturated carbocycles. The van der Waals surface area contributed by atoms with Gasteiger partial charge in [-0.15, -0.1) is 0 Å². The van der Waals surface area contributed by atoms with Crippen LogP contribution in [0, 0.1) is 13.8 Å². The molecule has 0 fully saturated rings. The number of aromatic nitrogens is 1. The molecule has 0 bridgehead atoms. The predicted molar refractivity (Wildman–Crippen MR) is 63.5 cm³/mol. The molecule has 0 saturated heterocycles. The fourth-order valence-electron chi connectivity index (χ4n) is 1.42.